The first-order valence-electron chi connectivity index (χ1n) is 21.0. The Morgan fingerprint density at radius 2 is 0.746 bits per heavy atom. The van der Waals surface area contributed by atoms with Gasteiger partial charge in [0.25, 0.3) is 0 Å². The summed E-state index contributed by atoms with van der Waals surface area (Å²) in [5.41, 5.74) is 14.1. The Morgan fingerprint density at radius 1 is 0.441 bits per heavy atom. The number of epoxide rings is 4. The summed E-state index contributed by atoms with van der Waals surface area (Å²) in [6, 6.07) is 17.5. The van der Waals surface area contributed by atoms with Gasteiger partial charge in [-0.1, -0.05) is 45.1 Å². The van der Waals surface area contributed by atoms with Crippen LogP contribution in [0.25, 0.3) is 24.3 Å². The zero-order valence-corrected chi connectivity index (χ0v) is 36.7. The van der Waals surface area contributed by atoms with Crippen molar-refractivity contribution in [1.29, 1.82) is 0 Å². The molecule has 4 aliphatic heterocycles. The predicted molar refractivity (Wildman–Crippen MR) is 236 cm³/mol. The van der Waals surface area contributed by atoms with Gasteiger partial charge in [-0.15, -0.1) is 0 Å². The molecule has 4 heterocycles. The van der Waals surface area contributed by atoms with E-state index in [4.69, 9.17) is 37.9 Å². The Labute approximate surface area is 351 Å². The molecule has 4 atom stereocenters. The first-order chi connectivity index (χ1) is 28.2. The van der Waals surface area contributed by atoms with Gasteiger partial charge in [-0.2, -0.15) is 0 Å². The maximum Gasteiger partial charge on any atom is 0.125 e. The Bertz CT molecular complexity index is 2030. The van der Waals surface area contributed by atoms with Crippen LogP contribution >= 0.6 is 0 Å². The minimum absolute atomic E-state index is 0.00648. The zero-order chi connectivity index (χ0) is 41.8. The van der Waals surface area contributed by atoms with Crippen molar-refractivity contribution in [3.8, 4) is 23.0 Å². The molecule has 4 aromatic rings. The first-order valence-corrected chi connectivity index (χ1v) is 21.0. The predicted octanol–water partition coefficient (Wildman–Crippen LogP) is 10.3. The summed E-state index contributed by atoms with van der Waals surface area (Å²) >= 11 is 0. The summed E-state index contributed by atoms with van der Waals surface area (Å²) in [4.78, 5) is 0. The van der Waals surface area contributed by atoms with Crippen LogP contribution in [-0.4, -0.2) is 77.3 Å². The molecular weight excluding hydrogens is 741 g/mol. The van der Waals surface area contributed by atoms with Crippen molar-refractivity contribution in [3.63, 3.8) is 0 Å². The highest BCUT2D eigenvalue weighted by atomic mass is 16.6. The number of rotatable bonds is 16. The van der Waals surface area contributed by atoms with E-state index in [0.717, 1.165) is 82.8 Å². The monoisotopic (exact) mass is 802 g/mol. The fourth-order valence-corrected chi connectivity index (χ4v) is 7.25. The van der Waals surface area contributed by atoms with Gasteiger partial charge in [-0.05, 0) is 164 Å². The Morgan fingerprint density at radius 3 is 1.05 bits per heavy atom. The van der Waals surface area contributed by atoms with Crippen molar-refractivity contribution in [2.24, 2.45) is 0 Å². The van der Waals surface area contributed by atoms with Crippen LogP contribution in [0.5, 0.6) is 23.0 Å². The van der Waals surface area contributed by atoms with Gasteiger partial charge < -0.3 is 37.9 Å². The second kappa shape index (κ2) is 18.3. The van der Waals surface area contributed by atoms with E-state index in [2.05, 4.69) is 142 Å². The average molecular weight is 803 g/mol. The van der Waals surface area contributed by atoms with E-state index in [1.807, 2.05) is 0 Å². The standard InChI is InChI=1S/C27H34O4.C24H28O4/c1-17-11-25(30-15-22-13-28-22)24(27(4,5)6)12-21(17)8-7-20-9-18(2)26(19(3)10-20)31-16-23-14-29-23;1-15-7-19(8-16(2)23(15)27-13-21-11-25-21)5-6-20-9-17(3)24(18(4)10-20)28-14-22-12-26-22/h7-12,22-23H,13-16H2,1-6H3;5-10,21-22H,11-14H2,1-4H3. The Hall–Kier alpha value is -4.60. The average Bonchev–Trinajstić information content (AvgIpc) is 3.97. The summed E-state index contributed by atoms with van der Waals surface area (Å²) in [7, 11) is 0. The lowest BCUT2D eigenvalue weighted by Gasteiger charge is -2.24. The van der Waals surface area contributed by atoms with Crippen LogP contribution in [0, 0.1) is 48.5 Å². The third-order valence-corrected chi connectivity index (χ3v) is 10.8. The van der Waals surface area contributed by atoms with Gasteiger partial charge in [0.2, 0.25) is 0 Å². The van der Waals surface area contributed by atoms with E-state index in [0.29, 0.717) is 26.4 Å². The largest absolute Gasteiger partial charge is 0.490 e. The molecule has 0 radical (unpaired) electrons. The molecule has 8 nitrogen and oxygen atoms in total. The third-order valence-electron chi connectivity index (χ3n) is 10.8. The molecule has 0 amide bonds. The van der Waals surface area contributed by atoms with Crippen LogP contribution in [0.4, 0.5) is 0 Å². The van der Waals surface area contributed by atoms with E-state index in [9.17, 15) is 0 Å². The molecule has 8 heteroatoms. The summed E-state index contributed by atoms with van der Waals surface area (Å²) < 4.78 is 44.9. The lowest BCUT2D eigenvalue weighted by Crippen LogP contribution is -2.15. The highest BCUT2D eigenvalue weighted by Crippen LogP contribution is 2.36. The number of hydrogen-bond donors (Lipinski definition) is 0. The second-order valence-electron chi connectivity index (χ2n) is 17.6. The van der Waals surface area contributed by atoms with Crippen molar-refractivity contribution in [1.82, 2.24) is 0 Å². The molecule has 0 aliphatic carbocycles. The molecule has 4 fully saturated rings. The van der Waals surface area contributed by atoms with Crippen molar-refractivity contribution in [2.45, 2.75) is 99.1 Å². The van der Waals surface area contributed by atoms with E-state index < -0.39 is 0 Å². The van der Waals surface area contributed by atoms with Crippen LogP contribution in [0.1, 0.15) is 87.5 Å². The van der Waals surface area contributed by atoms with Crippen molar-refractivity contribution in [2.75, 3.05) is 52.9 Å². The summed E-state index contributed by atoms with van der Waals surface area (Å²) in [6.45, 7) is 27.2. The SMILES string of the molecule is Cc1cc(C=Cc2cc(C)c(OCC3CO3)c(C)c2)cc(C)c1OCC1CO1.Cc1cc(OCC2CO2)c(C(C)(C)C)cc1C=Cc1cc(C)c(OCC2CO2)c(C)c1. The molecule has 59 heavy (non-hydrogen) atoms. The quantitative estimate of drug-likeness (QED) is 0.0818. The molecule has 0 saturated carbocycles. The van der Waals surface area contributed by atoms with Crippen LogP contribution in [0.3, 0.4) is 0 Å². The van der Waals surface area contributed by atoms with Gasteiger partial charge in [-0.3, -0.25) is 0 Å². The van der Waals surface area contributed by atoms with Crippen LogP contribution in [-0.2, 0) is 24.4 Å². The smallest absolute Gasteiger partial charge is 0.125 e. The zero-order valence-electron chi connectivity index (χ0n) is 36.7. The maximum absolute atomic E-state index is 6.10. The summed E-state index contributed by atoms with van der Waals surface area (Å²) in [6.07, 6.45) is 9.75. The highest BCUT2D eigenvalue weighted by molar-refractivity contribution is 5.74. The van der Waals surface area contributed by atoms with Crippen LogP contribution in [0.15, 0.2) is 48.5 Å². The van der Waals surface area contributed by atoms with Gasteiger partial charge >= 0.3 is 0 Å². The molecule has 4 aromatic carbocycles. The molecule has 314 valence electrons. The maximum atomic E-state index is 6.10. The fourth-order valence-electron chi connectivity index (χ4n) is 7.25. The van der Waals surface area contributed by atoms with Crippen LogP contribution in [0.2, 0.25) is 0 Å². The van der Waals surface area contributed by atoms with Gasteiger partial charge in [0.05, 0.1) is 26.4 Å². The fraction of sp³-hybridized carbons (Fsp3) is 0.451. The molecule has 4 unspecified atom stereocenters. The number of benzene rings is 4. The van der Waals surface area contributed by atoms with Crippen molar-refractivity contribution < 1.29 is 37.9 Å². The second-order valence-corrected chi connectivity index (χ2v) is 17.6. The van der Waals surface area contributed by atoms with E-state index >= 15 is 0 Å². The molecular formula is C51H62O8. The molecule has 4 aliphatic rings. The molecule has 4 saturated heterocycles. The lowest BCUT2D eigenvalue weighted by atomic mass is 9.84. The van der Waals surface area contributed by atoms with Gasteiger partial charge in [0, 0.05) is 5.56 Å². The number of ether oxygens (including phenoxy) is 8. The Balaban J connectivity index is 0.000000180. The Kier molecular flexibility index (Phi) is 13.2. The van der Waals surface area contributed by atoms with Crippen LogP contribution < -0.4 is 18.9 Å². The number of hydrogen-bond acceptors (Lipinski definition) is 8. The number of aryl methyl sites for hydroxylation is 7. The van der Waals surface area contributed by atoms with Gasteiger partial charge in [-0.25, -0.2) is 0 Å². The lowest BCUT2D eigenvalue weighted by molar-refractivity contribution is 0.258. The van der Waals surface area contributed by atoms with E-state index in [-0.39, 0.29) is 29.8 Å². The molecule has 0 bridgehead atoms. The minimum atomic E-state index is -0.00648. The highest BCUT2D eigenvalue weighted by Gasteiger charge is 2.27. The molecule has 8 rings (SSSR count). The van der Waals surface area contributed by atoms with Gasteiger partial charge in [0.1, 0.15) is 73.8 Å². The third kappa shape index (κ3) is 12.2. The van der Waals surface area contributed by atoms with Gasteiger partial charge in [0.15, 0.2) is 0 Å². The van der Waals surface area contributed by atoms with Crippen molar-refractivity contribution in [3.05, 3.63) is 115 Å². The minimum Gasteiger partial charge on any atom is -0.490 e. The van der Waals surface area contributed by atoms with E-state index in [1.165, 1.54) is 33.4 Å². The molecule has 0 spiro atoms. The first kappa shape index (κ1) is 42.5. The van der Waals surface area contributed by atoms with Crippen molar-refractivity contribution >= 4 is 24.3 Å². The summed E-state index contributed by atoms with van der Waals surface area (Å²) in [5.74, 6) is 3.88. The summed E-state index contributed by atoms with van der Waals surface area (Å²) in [5, 5.41) is 0. The topological polar surface area (TPSA) is 87.0 Å². The van der Waals surface area contributed by atoms with E-state index in [1.54, 1.807) is 0 Å². The normalized spacial score (nSPS) is 20.3. The molecule has 0 N–H and O–H groups in total. The molecule has 0 aromatic heterocycles.